The summed E-state index contributed by atoms with van der Waals surface area (Å²) in [4.78, 5) is 37.7. The molecule has 0 aliphatic carbocycles. The summed E-state index contributed by atoms with van der Waals surface area (Å²) in [6, 6.07) is 14.9. The van der Waals surface area contributed by atoms with Gasteiger partial charge >= 0.3 is 0 Å². The third-order valence-corrected chi connectivity index (χ3v) is 5.58. The molecule has 2 amide bonds. The SMILES string of the molecule is CCOc1ccccc1N1C(=O)S/C(=C/c2ccc(-c3ccc(C)cc3[N+](=O)[O-])o2)C1=O. The predicted molar refractivity (Wildman–Crippen MR) is 122 cm³/mol. The van der Waals surface area contributed by atoms with Crippen molar-refractivity contribution >= 4 is 40.4 Å². The van der Waals surface area contributed by atoms with Crippen molar-refractivity contribution in [3.63, 3.8) is 0 Å². The van der Waals surface area contributed by atoms with Gasteiger partial charge in [-0.1, -0.05) is 18.2 Å². The molecule has 0 spiro atoms. The fraction of sp³-hybridized carbons (Fsp3) is 0.130. The summed E-state index contributed by atoms with van der Waals surface area (Å²) in [5.74, 6) is 0.541. The molecule has 1 fully saturated rings. The van der Waals surface area contributed by atoms with Crippen LogP contribution in [0.25, 0.3) is 17.4 Å². The first-order chi connectivity index (χ1) is 15.4. The minimum Gasteiger partial charge on any atom is -0.492 e. The second kappa shape index (κ2) is 8.72. The number of rotatable bonds is 6. The van der Waals surface area contributed by atoms with Gasteiger partial charge in [0, 0.05) is 12.1 Å². The maximum Gasteiger partial charge on any atom is 0.298 e. The van der Waals surface area contributed by atoms with Gasteiger partial charge in [-0.05, 0) is 61.5 Å². The zero-order valence-corrected chi connectivity index (χ0v) is 18.0. The number of nitro groups is 1. The summed E-state index contributed by atoms with van der Waals surface area (Å²) in [5, 5.41) is 11.0. The van der Waals surface area contributed by atoms with E-state index in [1.807, 2.05) is 6.92 Å². The molecule has 0 N–H and O–H groups in total. The standard InChI is InChI=1S/C23H18N2O6S/c1-3-30-20-7-5-4-6-17(20)24-22(26)21(32-23(24)27)13-15-9-11-19(31-15)16-10-8-14(2)12-18(16)25(28)29/h4-13H,3H2,1-2H3/b21-13+. The molecule has 0 atom stereocenters. The van der Waals surface area contributed by atoms with Gasteiger partial charge in [0.2, 0.25) is 0 Å². The Labute approximate surface area is 187 Å². The fourth-order valence-electron chi connectivity index (χ4n) is 3.30. The van der Waals surface area contributed by atoms with Gasteiger partial charge in [-0.3, -0.25) is 19.7 Å². The normalized spacial score (nSPS) is 14.9. The van der Waals surface area contributed by atoms with Gasteiger partial charge in [0.15, 0.2) is 0 Å². The number of carbonyl (C=O) groups is 2. The van der Waals surface area contributed by atoms with Gasteiger partial charge in [0.05, 0.1) is 27.7 Å². The Bertz CT molecular complexity index is 1260. The Kier molecular flexibility index (Phi) is 5.83. The van der Waals surface area contributed by atoms with Crippen LogP contribution in [0.1, 0.15) is 18.2 Å². The molecule has 162 valence electrons. The van der Waals surface area contributed by atoms with Crippen molar-refractivity contribution in [2.45, 2.75) is 13.8 Å². The quantitative estimate of drug-likeness (QED) is 0.265. The molecule has 1 aliphatic heterocycles. The molecule has 9 heteroatoms. The number of nitrogens with zero attached hydrogens (tertiary/aromatic N) is 2. The lowest BCUT2D eigenvalue weighted by atomic mass is 10.1. The molecule has 2 heterocycles. The number of hydrogen-bond donors (Lipinski definition) is 0. The fourth-order valence-corrected chi connectivity index (χ4v) is 4.11. The molecule has 1 aromatic heterocycles. The van der Waals surface area contributed by atoms with Crippen LogP contribution in [-0.4, -0.2) is 22.7 Å². The lowest BCUT2D eigenvalue weighted by Crippen LogP contribution is -2.28. The Morgan fingerprint density at radius 2 is 1.94 bits per heavy atom. The molecule has 0 saturated carbocycles. The number of amides is 2. The van der Waals surface area contributed by atoms with Crippen LogP contribution in [-0.2, 0) is 4.79 Å². The molecule has 0 bridgehead atoms. The summed E-state index contributed by atoms with van der Waals surface area (Å²) in [6.07, 6.45) is 1.46. The number of nitro benzene ring substituents is 1. The van der Waals surface area contributed by atoms with Crippen LogP contribution >= 0.6 is 11.8 Å². The van der Waals surface area contributed by atoms with Crippen LogP contribution in [0.5, 0.6) is 5.75 Å². The molecule has 3 aromatic rings. The van der Waals surface area contributed by atoms with E-state index >= 15 is 0 Å². The highest BCUT2D eigenvalue weighted by atomic mass is 32.2. The zero-order valence-electron chi connectivity index (χ0n) is 17.2. The maximum atomic E-state index is 13.0. The number of imide groups is 1. The molecular weight excluding hydrogens is 432 g/mol. The maximum absolute atomic E-state index is 13.0. The van der Waals surface area contributed by atoms with Gasteiger partial charge in [0.1, 0.15) is 17.3 Å². The van der Waals surface area contributed by atoms with E-state index in [-0.39, 0.29) is 10.6 Å². The van der Waals surface area contributed by atoms with E-state index in [4.69, 9.17) is 9.15 Å². The van der Waals surface area contributed by atoms with Crippen LogP contribution in [0.4, 0.5) is 16.2 Å². The van der Waals surface area contributed by atoms with Crippen molar-refractivity contribution in [3.8, 4) is 17.1 Å². The average molecular weight is 450 g/mol. The van der Waals surface area contributed by atoms with E-state index in [0.717, 1.165) is 22.2 Å². The summed E-state index contributed by atoms with van der Waals surface area (Å²) < 4.78 is 11.3. The van der Waals surface area contributed by atoms with Gasteiger partial charge < -0.3 is 9.15 Å². The second-order valence-corrected chi connectivity index (χ2v) is 7.89. The highest BCUT2D eigenvalue weighted by molar-refractivity contribution is 8.19. The number of furan rings is 1. The highest BCUT2D eigenvalue weighted by Gasteiger charge is 2.38. The molecule has 8 nitrogen and oxygen atoms in total. The third kappa shape index (κ3) is 4.02. The number of ether oxygens (including phenoxy) is 1. The lowest BCUT2D eigenvalue weighted by molar-refractivity contribution is -0.384. The Balaban J connectivity index is 1.65. The first kappa shape index (κ1) is 21.4. The topological polar surface area (TPSA) is 103 Å². The number of anilines is 1. The molecule has 4 rings (SSSR count). The molecule has 2 aromatic carbocycles. The van der Waals surface area contributed by atoms with Crippen molar-refractivity contribution < 1.29 is 23.7 Å². The number of carbonyl (C=O) groups excluding carboxylic acids is 2. The highest BCUT2D eigenvalue weighted by Crippen LogP contribution is 2.40. The van der Waals surface area contributed by atoms with Crippen LogP contribution in [0.2, 0.25) is 0 Å². The number of aryl methyl sites for hydroxylation is 1. The number of hydrogen-bond acceptors (Lipinski definition) is 7. The molecular formula is C23H18N2O6S. The molecule has 1 saturated heterocycles. The number of benzene rings is 2. The number of thioether (sulfide) groups is 1. The van der Waals surface area contributed by atoms with Crippen molar-refractivity contribution in [1.82, 2.24) is 0 Å². The summed E-state index contributed by atoms with van der Waals surface area (Å²) >= 11 is 0.788. The zero-order chi connectivity index (χ0) is 22.8. The van der Waals surface area contributed by atoms with E-state index in [1.165, 1.54) is 12.1 Å². The lowest BCUT2D eigenvalue weighted by Gasteiger charge is -2.16. The molecule has 0 unspecified atom stereocenters. The van der Waals surface area contributed by atoms with Gasteiger partial charge in [-0.25, -0.2) is 4.90 Å². The van der Waals surface area contributed by atoms with Crippen molar-refractivity contribution in [3.05, 3.63) is 80.9 Å². The summed E-state index contributed by atoms with van der Waals surface area (Å²) in [7, 11) is 0. The van der Waals surface area contributed by atoms with Gasteiger partial charge in [-0.2, -0.15) is 0 Å². The predicted octanol–water partition coefficient (Wildman–Crippen LogP) is 5.80. The van der Waals surface area contributed by atoms with Crippen molar-refractivity contribution in [2.24, 2.45) is 0 Å². The van der Waals surface area contributed by atoms with E-state index in [2.05, 4.69) is 0 Å². The average Bonchev–Trinajstić information content (AvgIpc) is 3.33. The first-order valence-corrected chi connectivity index (χ1v) is 10.6. The van der Waals surface area contributed by atoms with E-state index in [9.17, 15) is 19.7 Å². The monoisotopic (exact) mass is 450 g/mol. The summed E-state index contributed by atoms with van der Waals surface area (Å²) in [6.45, 7) is 3.98. The molecule has 0 radical (unpaired) electrons. The third-order valence-electron chi connectivity index (χ3n) is 4.72. The van der Waals surface area contributed by atoms with Crippen LogP contribution in [0.15, 0.2) is 63.9 Å². The van der Waals surface area contributed by atoms with Crippen LogP contribution < -0.4 is 9.64 Å². The largest absolute Gasteiger partial charge is 0.492 e. The van der Waals surface area contributed by atoms with Crippen molar-refractivity contribution in [2.75, 3.05) is 11.5 Å². The summed E-state index contributed by atoms with van der Waals surface area (Å²) in [5.41, 5.74) is 1.39. The minimum absolute atomic E-state index is 0.0706. The minimum atomic E-state index is -0.494. The van der Waals surface area contributed by atoms with E-state index in [0.29, 0.717) is 35.1 Å². The van der Waals surface area contributed by atoms with Crippen LogP contribution in [0, 0.1) is 17.0 Å². The molecule has 32 heavy (non-hydrogen) atoms. The second-order valence-electron chi connectivity index (χ2n) is 6.90. The Hall–Kier alpha value is -3.85. The Morgan fingerprint density at radius 3 is 2.69 bits per heavy atom. The van der Waals surface area contributed by atoms with E-state index in [1.54, 1.807) is 55.5 Å². The van der Waals surface area contributed by atoms with E-state index < -0.39 is 16.1 Å². The Morgan fingerprint density at radius 1 is 1.16 bits per heavy atom. The molecule has 1 aliphatic rings. The first-order valence-electron chi connectivity index (χ1n) is 9.74. The van der Waals surface area contributed by atoms with Gasteiger partial charge in [-0.15, -0.1) is 0 Å². The number of para-hydroxylation sites is 2. The van der Waals surface area contributed by atoms with Gasteiger partial charge in [0.25, 0.3) is 16.8 Å². The van der Waals surface area contributed by atoms with Crippen LogP contribution in [0.3, 0.4) is 0 Å². The smallest absolute Gasteiger partial charge is 0.298 e. The van der Waals surface area contributed by atoms with Crippen molar-refractivity contribution in [1.29, 1.82) is 0 Å².